The van der Waals surface area contributed by atoms with E-state index in [1.807, 2.05) is 0 Å². The smallest absolute Gasteiger partial charge is 0.358 e. The molecule has 2 aliphatic rings. The van der Waals surface area contributed by atoms with E-state index in [0.717, 1.165) is 24.5 Å². The Bertz CT molecular complexity index is 499. The molecule has 5 nitrogen and oxygen atoms in total. The van der Waals surface area contributed by atoms with Gasteiger partial charge in [-0.3, -0.25) is 0 Å². The van der Waals surface area contributed by atoms with E-state index in [2.05, 4.69) is 21.8 Å². The molecule has 1 saturated carbocycles. The molecule has 1 aliphatic heterocycles. The Hall–Kier alpha value is -1.65. The van der Waals surface area contributed by atoms with Gasteiger partial charge in [0.25, 0.3) is 0 Å². The van der Waals surface area contributed by atoms with Gasteiger partial charge in [-0.25, -0.2) is 14.8 Å². The van der Waals surface area contributed by atoms with Crippen molar-refractivity contribution in [3.8, 4) is 0 Å². The summed E-state index contributed by atoms with van der Waals surface area (Å²) in [6, 6.07) is 0.611. The Balaban J connectivity index is 1.94. The molecule has 19 heavy (non-hydrogen) atoms. The number of nitrogens with zero attached hydrogens (tertiary/aromatic N) is 3. The quantitative estimate of drug-likeness (QED) is 0.760. The summed E-state index contributed by atoms with van der Waals surface area (Å²) in [6.45, 7) is 3.27. The summed E-state index contributed by atoms with van der Waals surface area (Å²) in [7, 11) is 1.37. The van der Waals surface area contributed by atoms with Gasteiger partial charge in [0, 0.05) is 12.6 Å². The van der Waals surface area contributed by atoms with Crippen LogP contribution in [0.3, 0.4) is 0 Å². The van der Waals surface area contributed by atoms with Crippen LogP contribution in [0.4, 0.5) is 5.82 Å². The molecule has 0 bridgehead atoms. The summed E-state index contributed by atoms with van der Waals surface area (Å²) in [5, 5.41) is 0. The largest absolute Gasteiger partial charge is 0.464 e. The molecule has 2 heterocycles. The highest BCUT2D eigenvalue weighted by atomic mass is 16.5. The second kappa shape index (κ2) is 4.79. The van der Waals surface area contributed by atoms with E-state index in [-0.39, 0.29) is 0 Å². The fourth-order valence-electron chi connectivity index (χ4n) is 2.84. The molecule has 0 saturated heterocycles. The third kappa shape index (κ3) is 2.17. The maximum Gasteiger partial charge on any atom is 0.358 e. The molecule has 5 heteroatoms. The van der Waals surface area contributed by atoms with Crippen LogP contribution in [0.25, 0.3) is 0 Å². The summed E-state index contributed by atoms with van der Waals surface area (Å²) in [5.74, 6) is 1.11. The molecular weight excluding hydrogens is 242 g/mol. The number of hydrogen-bond donors (Lipinski definition) is 0. The zero-order valence-electron chi connectivity index (χ0n) is 11.4. The number of esters is 1. The van der Waals surface area contributed by atoms with Crippen LogP contribution in [-0.2, 0) is 11.2 Å². The molecular formula is C14H19N3O2. The van der Waals surface area contributed by atoms with Crippen LogP contribution >= 0.6 is 0 Å². The Morgan fingerprint density at radius 1 is 1.47 bits per heavy atom. The SMILES string of the molecule is COC(=O)c1cnc2c(n1)CC(C)CN2C1CCC1. The molecule has 0 spiro atoms. The maximum absolute atomic E-state index is 11.5. The lowest BCUT2D eigenvalue weighted by Gasteiger charge is -2.42. The van der Waals surface area contributed by atoms with Crippen LogP contribution in [0.1, 0.15) is 42.4 Å². The summed E-state index contributed by atoms with van der Waals surface area (Å²) < 4.78 is 4.71. The lowest BCUT2D eigenvalue weighted by Crippen LogP contribution is -2.46. The molecule has 1 aliphatic carbocycles. The monoisotopic (exact) mass is 261 g/mol. The molecule has 1 aromatic heterocycles. The van der Waals surface area contributed by atoms with Crippen molar-refractivity contribution in [2.45, 2.75) is 38.6 Å². The third-order valence-electron chi connectivity index (χ3n) is 4.05. The summed E-state index contributed by atoms with van der Waals surface area (Å²) in [4.78, 5) is 22.8. The van der Waals surface area contributed by atoms with E-state index in [0.29, 0.717) is 17.7 Å². The van der Waals surface area contributed by atoms with Gasteiger partial charge < -0.3 is 9.64 Å². The van der Waals surface area contributed by atoms with E-state index >= 15 is 0 Å². The molecule has 1 unspecified atom stereocenters. The summed E-state index contributed by atoms with van der Waals surface area (Å²) in [6.07, 6.45) is 6.21. The highest BCUT2D eigenvalue weighted by molar-refractivity contribution is 5.87. The normalized spacial score (nSPS) is 22.6. The lowest BCUT2D eigenvalue weighted by molar-refractivity contribution is 0.0593. The Labute approximate surface area is 113 Å². The molecule has 0 aromatic carbocycles. The van der Waals surface area contributed by atoms with Gasteiger partial charge in [-0.05, 0) is 31.6 Å². The zero-order chi connectivity index (χ0) is 13.4. The second-order valence-corrected chi connectivity index (χ2v) is 5.56. The average Bonchev–Trinajstić information content (AvgIpc) is 2.34. The standard InChI is InChI=1S/C14H19N3O2/c1-9-6-11-13(17(8-9)10-4-3-5-10)15-7-12(16-11)14(18)19-2/h7,9-10H,3-6,8H2,1-2H3. The predicted octanol–water partition coefficient (Wildman–Crippen LogP) is 1.81. The fourth-order valence-corrected chi connectivity index (χ4v) is 2.84. The first-order chi connectivity index (χ1) is 9.19. The number of anilines is 1. The molecule has 1 atom stereocenters. The van der Waals surface area contributed by atoms with Gasteiger partial charge in [-0.2, -0.15) is 0 Å². The molecule has 0 radical (unpaired) electrons. The fraction of sp³-hybridized carbons (Fsp3) is 0.643. The first-order valence-corrected chi connectivity index (χ1v) is 6.90. The number of carbonyl (C=O) groups excluding carboxylic acids is 1. The van der Waals surface area contributed by atoms with Crippen molar-refractivity contribution in [2.24, 2.45) is 5.92 Å². The van der Waals surface area contributed by atoms with Gasteiger partial charge in [0.15, 0.2) is 11.5 Å². The highest BCUT2D eigenvalue weighted by Gasteiger charge is 2.33. The summed E-state index contributed by atoms with van der Waals surface area (Å²) >= 11 is 0. The van der Waals surface area contributed by atoms with Gasteiger partial charge in [0.05, 0.1) is 19.0 Å². The van der Waals surface area contributed by atoms with Crippen molar-refractivity contribution < 1.29 is 9.53 Å². The van der Waals surface area contributed by atoms with E-state index < -0.39 is 5.97 Å². The molecule has 102 valence electrons. The van der Waals surface area contributed by atoms with Crippen LogP contribution in [0, 0.1) is 5.92 Å². The number of methoxy groups -OCH3 is 1. The minimum atomic E-state index is -0.413. The molecule has 0 N–H and O–H groups in total. The third-order valence-corrected chi connectivity index (χ3v) is 4.05. The van der Waals surface area contributed by atoms with Crippen LogP contribution < -0.4 is 4.90 Å². The van der Waals surface area contributed by atoms with Gasteiger partial charge >= 0.3 is 5.97 Å². The lowest BCUT2D eigenvalue weighted by atomic mass is 9.88. The molecule has 1 aromatic rings. The zero-order valence-corrected chi connectivity index (χ0v) is 11.4. The Kier molecular flexibility index (Phi) is 3.12. The molecule has 1 fully saturated rings. The van der Waals surface area contributed by atoms with Crippen LogP contribution in [0.5, 0.6) is 0 Å². The second-order valence-electron chi connectivity index (χ2n) is 5.56. The van der Waals surface area contributed by atoms with Crippen LogP contribution in [-0.4, -0.2) is 35.6 Å². The maximum atomic E-state index is 11.5. The van der Waals surface area contributed by atoms with Crippen molar-refractivity contribution in [1.29, 1.82) is 0 Å². The number of rotatable bonds is 2. The number of aromatic nitrogens is 2. The van der Waals surface area contributed by atoms with Crippen molar-refractivity contribution in [3.63, 3.8) is 0 Å². The minimum absolute atomic E-state index is 0.309. The van der Waals surface area contributed by atoms with Crippen LogP contribution in [0.2, 0.25) is 0 Å². The van der Waals surface area contributed by atoms with Gasteiger partial charge in [-0.1, -0.05) is 6.92 Å². The highest BCUT2D eigenvalue weighted by Crippen LogP contribution is 2.34. The van der Waals surface area contributed by atoms with E-state index in [1.54, 1.807) is 0 Å². The average molecular weight is 261 g/mol. The topological polar surface area (TPSA) is 55.3 Å². The number of ether oxygens (including phenoxy) is 1. The minimum Gasteiger partial charge on any atom is -0.464 e. The molecule has 0 amide bonds. The molecule has 3 rings (SSSR count). The predicted molar refractivity (Wildman–Crippen MR) is 71.2 cm³/mol. The van der Waals surface area contributed by atoms with Gasteiger partial charge in [-0.15, -0.1) is 0 Å². The van der Waals surface area contributed by atoms with Crippen molar-refractivity contribution >= 4 is 11.8 Å². The number of hydrogen-bond acceptors (Lipinski definition) is 5. The van der Waals surface area contributed by atoms with E-state index in [9.17, 15) is 4.79 Å². The van der Waals surface area contributed by atoms with Crippen molar-refractivity contribution in [2.75, 3.05) is 18.6 Å². The first-order valence-electron chi connectivity index (χ1n) is 6.90. The van der Waals surface area contributed by atoms with Crippen molar-refractivity contribution in [1.82, 2.24) is 9.97 Å². The van der Waals surface area contributed by atoms with Gasteiger partial charge in [0.1, 0.15) is 0 Å². The number of carbonyl (C=O) groups is 1. The Morgan fingerprint density at radius 3 is 2.89 bits per heavy atom. The van der Waals surface area contributed by atoms with E-state index in [4.69, 9.17) is 4.74 Å². The van der Waals surface area contributed by atoms with Crippen LogP contribution in [0.15, 0.2) is 6.20 Å². The van der Waals surface area contributed by atoms with Crippen molar-refractivity contribution in [3.05, 3.63) is 17.6 Å². The van der Waals surface area contributed by atoms with Gasteiger partial charge in [0.2, 0.25) is 0 Å². The Morgan fingerprint density at radius 2 is 2.26 bits per heavy atom. The summed E-state index contributed by atoms with van der Waals surface area (Å²) in [5.41, 5.74) is 1.25. The number of fused-ring (bicyclic) bond motifs is 1. The van der Waals surface area contributed by atoms with E-state index in [1.165, 1.54) is 32.6 Å². The first kappa shape index (κ1) is 12.4.